The number of nitrogens with one attached hydrogen (secondary N) is 1. The number of hydrogen-bond acceptors (Lipinski definition) is 4. The van der Waals surface area contributed by atoms with E-state index in [0.717, 1.165) is 0 Å². The van der Waals surface area contributed by atoms with Gasteiger partial charge in [-0.1, -0.05) is 0 Å². The fourth-order valence-electron chi connectivity index (χ4n) is 1.54. The predicted octanol–water partition coefficient (Wildman–Crippen LogP) is 1.22. The van der Waals surface area contributed by atoms with Gasteiger partial charge in [0.15, 0.2) is 0 Å². The van der Waals surface area contributed by atoms with Gasteiger partial charge in [-0.05, 0) is 34.6 Å². The van der Waals surface area contributed by atoms with Gasteiger partial charge in [-0.3, -0.25) is 4.79 Å². The van der Waals surface area contributed by atoms with Crippen LogP contribution in [0.4, 0.5) is 4.79 Å². The van der Waals surface area contributed by atoms with E-state index in [0.29, 0.717) is 0 Å². The lowest BCUT2D eigenvalue weighted by atomic mass is 10.1. The summed E-state index contributed by atoms with van der Waals surface area (Å²) in [6.07, 6.45) is -0.154. The van der Waals surface area contributed by atoms with E-state index in [2.05, 4.69) is 5.32 Å². The van der Waals surface area contributed by atoms with Crippen LogP contribution in [-0.4, -0.2) is 52.7 Å². The Morgan fingerprint density at radius 3 is 2.25 bits per heavy atom. The van der Waals surface area contributed by atoms with E-state index in [1.807, 2.05) is 0 Å². The van der Waals surface area contributed by atoms with Crippen molar-refractivity contribution in [3.05, 3.63) is 0 Å². The van der Waals surface area contributed by atoms with Gasteiger partial charge in [0, 0.05) is 12.1 Å². The number of carbonyl (C=O) groups excluding carboxylic acids is 2. The van der Waals surface area contributed by atoms with Crippen molar-refractivity contribution in [3.63, 3.8) is 0 Å². The summed E-state index contributed by atoms with van der Waals surface area (Å²) in [5.74, 6) is -1.50. The van der Waals surface area contributed by atoms with Crippen LogP contribution in [0.3, 0.4) is 0 Å². The Kier molecular flexibility index (Phi) is 7.02. The van der Waals surface area contributed by atoms with Crippen LogP contribution in [0.25, 0.3) is 0 Å². The van der Waals surface area contributed by atoms with Crippen LogP contribution in [0.2, 0.25) is 0 Å². The van der Waals surface area contributed by atoms with Crippen molar-refractivity contribution >= 4 is 18.0 Å². The third-order valence-electron chi connectivity index (χ3n) is 2.58. The number of urea groups is 1. The third-order valence-corrected chi connectivity index (χ3v) is 2.58. The fourth-order valence-corrected chi connectivity index (χ4v) is 1.54. The summed E-state index contributed by atoms with van der Waals surface area (Å²) >= 11 is 0. The highest BCUT2D eigenvalue weighted by molar-refractivity contribution is 5.83. The summed E-state index contributed by atoms with van der Waals surface area (Å²) in [5, 5.41) is 11.2. The lowest BCUT2D eigenvalue weighted by Gasteiger charge is -2.36. The van der Waals surface area contributed by atoms with Crippen molar-refractivity contribution in [2.45, 2.75) is 52.6 Å². The minimum Gasteiger partial charge on any atom is -0.481 e. The lowest BCUT2D eigenvalue weighted by molar-refractivity contribution is -0.145. The maximum absolute atomic E-state index is 12.1. The average molecular weight is 288 g/mol. The molecule has 2 N–H and O–H groups in total. The molecule has 20 heavy (non-hydrogen) atoms. The number of nitrogens with zero attached hydrogens (tertiary/aromatic N) is 1. The number of carboxylic acids is 1. The van der Waals surface area contributed by atoms with E-state index in [9.17, 15) is 14.4 Å². The molecule has 0 saturated heterocycles. The Labute approximate surface area is 119 Å². The van der Waals surface area contributed by atoms with Gasteiger partial charge in [0.2, 0.25) is 0 Å². The highest BCUT2D eigenvalue weighted by Crippen LogP contribution is 2.14. The Balaban J connectivity index is 4.71. The first-order chi connectivity index (χ1) is 9.09. The molecule has 0 aromatic carbocycles. The third kappa shape index (κ3) is 6.40. The molecule has 0 aliphatic carbocycles. The molecule has 0 fully saturated rings. The monoisotopic (exact) mass is 288 g/mol. The number of amides is 2. The highest BCUT2D eigenvalue weighted by atomic mass is 16.5. The molecule has 7 nitrogen and oxygen atoms in total. The van der Waals surface area contributed by atoms with Crippen molar-refractivity contribution in [3.8, 4) is 0 Å². The second kappa shape index (κ2) is 7.72. The van der Waals surface area contributed by atoms with Crippen molar-refractivity contribution in [1.29, 1.82) is 0 Å². The zero-order valence-corrected chi connectivity index (χ0v) is 12.7. The van der Waals surface area contributed by atoms with E-state index < -0.39 is 29.6 Å². The summed E-state index contributed by atoms with van der Waals surface area (Å²) in [6.45, 7) is 8.90. The Hall–Kier alpha value is -1.79. The summed E-state index contributed by atoms with van der Waals surface area (Å²) < 4.78 is 4.80. The number of aliphatic carboxylic acids is 1. The predicted molar refractivity (Wildman–Crippen MR) is 73.3 cm³/mol. The highest BCUT2D eigenvalue weighted by Gasteiger charge is 2.29. The molecule has 0 bridgehead atoms. The van der Waals surface area contributed by atoms with Crippen LogP contribution in [0.1, 0.15) is 41.0 Å². The van der Waals surface area contributed by atoms with Crippen LogP contribution in [-0.2, 0) is 14.3 Å². The second-order valence-electron chi connectivity index (χ2n) is 5.39. The fraction of sp³-hybridized carbons (Fsp3) is 0.769. The number of carboxylic acid groups (broad SMARTS) is 1. The molecule has 1 unspecified atom stereocenters. The Morgan fingerprint density at radius 2 is 1.85 bits per heavy atom. The quantitative estimate of drug-likeness (QED) is 0.716. The SMILES string of the molecule is CCOC(=O)C(C)NC(=O)N(CCC(=O)O)C(C)(C)C. The molecule has 0 aromatic heterocycles. The Morgan fingerprint density at radius 1 is 1.30 bits per heavy atom. The minimum atomic E-state index is -0.981. The molecule has 0 aliphatic rings. The first-order valence-electron chi connectivity index (χ1n) is 6.56. The van der Waals surface area contributed by atoms with Gasteiger partial charge in [-0.25, -0.2) is 9.59 Å². The number of carbonyl (C=O) groups is 3. The molecular formula is C13H24N2O5. The van der Waals surface area contributed by atoms with Gasteiger partial charge >= 0.3 is 18.0 Å². The van der Waals surface area contributed by atoms with Crippen molar-refractivity contribution in [1.82, 2.24) is 10.2 Å². The molecule has 0 aromatic rings. The first-order valence-corrected chi connectivity index (χ1v) is 6.56. The number of hydrogen-bond donors (Lipinski definition) is 2. The summed E-state index contributed by atoms with van der Waals surface area (Å²) in [7, 11) is 0. The maximum atomic E-state index is 12.1. The lowest BCUT2D eigenvalue weighted by Crippen LogP contribution is -2.54. The van der Waals surface area contributed by atoms with Gasteiger partial charge in [0.05, 0.1) is 13.0 Å². The zero-order valence-electron chi connectivity index (χ0n) is 12.7. The molecule has 0 saturated carbocycles. The Bertz CT molecular complexity index is 362. The smallest absolute Gasteiger partial charge is 0.328 e. The van der Waals surface area contributed by atoms with E-state index in [1.165, 1.54) is 11.8 Å². The maximum Gasteiger partial charge on any atom is 0.328 e. The molecule has 0 radical (unpaired) electrons. The van der Waals surface area contributed by atoms with E-state index in [4.69, 9.17) is 9.84 Å². The van der Waals surface area contributed by atoms with E-state index in [-0.39, 0.29) is 19.6 Å². The first kappa shape index (κ1) is 18.2. The van der Waals surface area contributed by atoms with Gasteiger partial charge in [0.25, 0.3) is 0 Å². The molecule has 116 valence electrons. The van der Waals surface area contributed by atoms with E-state index >= 15 is 0 Å². The molecule has 0 aliphatic heterocycles. The van der Waals surface area contributed by atoms with Crippen LogP contribution in [0, 0.1) is 0 Å². The molecule has 0 spiro atoms. The van der Waals surface area contributed by atoms with E-state index in [1.54, 1.807) is 27.7 Å². The normalized spacial score (nSPS) is 12.4. The molecule has 1 atom stereocenters. The summed E-state index contributed by atoms with van der Waals surface area (Å²) in [6, 6.07) is -1.27. The van der Waals surface area contributed by atoms with Gasteiger partial charge in [0.1, 0.15) is 6.04 Å². The van der Waals surface area contributed by atoms with Gasteiger partial charge in [-0.15, -0.1) is 0 Å². The summed E-state index contributed by atoms with van der Waals surface area (Å²) in [4.78, 5) is 35.6. The standard InChI is InChI=1S/C13H24N2O5/c1-6-20-11(18)9(2)14-12(19)15(13(3,4)5)8-7-10(16)17/h9H,6-8H2,1-5H3,(H,14,19)(H,16,17). The van der Waals surface area contributed by atoms with Crippen LogP contribution >= 0.6 is 0 Å². The minimum absolute atomic E-state index is 0.0697. The van der Waals surface area contributed by atoms with Crippen molar-refractivity contribution in [2.24, 2.45) is 0 Å². The molecule has 2 amide bonds. The number of ether oxygens (including phenoxy) is 1. The molecule has 7 heteroatoms. The molecule has 0 rings (SSSR count). The summed E-state index contributed by atoms with van der Waals surface area (Å²) in [5.41, 5.74) is -0.548. The van der Waals surface area contributed by atoms with Crippen LogP contribution in [0.5, 0.6) is 0 Å². The average Bonchev–Trinajstić information content (AvgIpc) is 2.26. The number of rotatable bonds is 6. The molecular weight excluding hydrogens is 264 g/mol. The van der Waals surface area contributed by atoms with Crippen molar-refractivity contribution < 1.29 is 24.2 Å². The van der Waals surface area contributed by atoms with Gasteiger partial charge < -0.3 is 20.1 Å². The largest absolute Gasteiger partial charge is 0.481 e. The molecule has 0 heterocycles. The topological polar surface area (TPSA) is 95.9 Å². The van der Waals surface area contributed by atoms with Crippen LogP contribution < -0.4 is 5.32 Å². The van der Waals surface area contributed by atoms with Gasteiger partial charge in [-0.2, -0.15) is 0 Å². The second-order valence-corrected chi connectivity index (χ2v) is 5.39. The van der Waals surface area contributed by atoms with Crippen molar-refractivity contribution in [2.75, 3.05) is 13.2 Å². The van der Waals surface area contributed by atoms with Crippen LogP contribution in [0.15, 0.2) is 0 Å². The zero-order chi connectivity index (χ0) is 15.9. The number of esters is 1.